The monoisotopic (exact) mass is 139 g/mol. The van der Waals surface area contributed by atoms with Crippen LogP contribution in [0.1, 0.15) is 27.7 Å². The van der Waals surface area contributed by atoms with Crippen LogP contribution in [-0.4, -0.2) is 5.71 Å². The lowest BCUT2D eigenvalue weighted by Gasteiger charge is -1.78. The van der Waals surface area contributed by atoms with Gasteiger partial charge in [0.15, 0.2) is 0 Å². The maximum atomic E-state index is 3.98. The molecule has 58 valence electrons. The molecule has 0 aliphatic heterocycles. The zero-order valence-corrected chi connectivity index (χ0v) is 7.39. The molecule has 0 aromatic carbocycles. The molecule has 0 rings (SSSR count). The Bertz CT molecular complexity index is 117. The van der Waals surface area contributed by atoms with Gasteiger partial charge in [-0.05, 0) is 19.9 Å². The van der Waals surface area contributed by atoms with Crippen molar-refractivity contribution in [2.45, 2.75) is 27.7 Å². The SMILES string of the molecule is C=C/C=C\N=C(C)C.CC. The second-order valence-electron chi connectivity index (χ2n) is 1.65. The lowest BCUT2D eigenvalue weighted by Crippen LogP contribution is -1.74. The van der Waals surface area contributed by atoms with E-state index < -0.39 is 0 Å². The third-order valence-corrected chi connectivity index (χ3v) is 0.555. The Labute approximate surface area is 64.2 Å². The van der Waals surface area contributed by atoms with Crippen LogP contribution in [0.15, 0.2) is 29.9 Å². The topological polar surface area (TPSA) is 12.4 Å². The molecule has 0 atom stereocenters. The summed E-state index contributed by atoms with van der Waals surface area (Å²) in [4.78, 5) is 3.98. The zero-order chi connectivity index (χ0) is 8.41. The average molecular weight is 139 g/mol. The van der Waals surface area contributed by atoms with Gasteiger partial charge in [-0.3, -0.25) is 4.99 Å². The van der Waals surface area contributed by atoms with Crippen LogP contribution in [0.3, 0.4) is 0 Å². The van der Waals surface area contributed by atoms with Crippen molar-refractivity contribution in [3.05, 3.63) is 24.9 Å². The minimum atomic E-state index is 1.06. The molecule has 0 fully saturated rings. The van der Waals surface area contributed by atoms with Crippen LogP contribution in [0.5, 0.6) is 0 Å². The van der Waals surface area contributed by atoms with Crippen molar-refractivity contribution in [2.24, 2.45) is 4.99 Å². The minimum Gasteiger partial charge on any atom is -0.266 e. The van der Waals surface area contributed by atoms with E-state index >= 15 is 0 Å². The van der Waals surface area contributed by atoms with E-state index in [0.29, 0.717) is 0 Å². The third kappa shape index (κ3) is 15.7. The van der Waals surface area contributed by atoms with E-state index in [-0.39, 0.29) is 0 Å². The molecule has 0 spiro atoms. The first-order valence-corrected chi connectivity index (χ1v) is 3.56. The maximum Gasteiger partial charge on any atom is 0.0266 e. The predicted molar refractivity (Wildman–Crippen MR) is 49.5 cm³/mol. The molecule has 0 unspecified atom stereocenters. The van der Waals surface area contributed by atoms with Gasteiger partial charge in [-0.1, -0.05) is 26.5 Å². The number of hydrogen-bond donors (Lipinski definition) is 0. The van der Waals surface area contributed by atoms with Crippen molar-refractivity contribution < 1.29 is 0 Å². The first-order valence-electron chi connectivity index (χ1n) is 3.56. The molecular weight excluding hydrogens is 122 g/mol. The Kier molecular flexibility index (Phi) is 13.1. The minimum absolute atomic E-state index is 1.06. The molecule has 0 aromatic heterocycles. The summed E-state index contributed by atoms with van der Waals surface area (Å²) in [6, 6.07) is 0. The molecule has 0 bridgehead atoms. The Morgan fingerprint density at radius 1 is 1.30 bits per heavy atom. The summed E-state index contributed by atoms with van der Waals surface area (Å²) < 4.78 is 0. The summed E-state index contributed by atoms with van der Waals surface area (Å²) in [6.45, 7) is 11.4. The molecule has 0 saturated heterocycles. The molecule has 1 nitrogen and oxygen atoms in total. The van der Waals surface area contributed by atoms with Crippen molar-refractivity contribution in [3.63, 3.8) is 0 Å². The fourth-order valence-corrected chi connectivity index (χ4v) is 0.253. The van der Waals surface area contributed by atoms with Gasteiger partial charge in [0.25, 0.3) is 0 Å². The largest absolute Gasteiger partial charge is 0.266 e. The predicted octanol–water partition coefficient (Wildman–Crippen LogP) is 3.19. The van der Waals surface area contributed by atoms with Gasteiger partial charge in [0, 0.05) is 11.9 Å². The van der Waals surface area contributed by atoms with E-state index in [9.17, 15) is 0 Å². The third-order valence-electron chi connectivity index (χ3n) is 0.555. The molecule has 1 heteroatoms. The normalized spacial score (nSPS) is 8.00. The molecule has 0 radical (unpaired) electrons. The highest BCUT2D eigenvalue weighted by Crippen LogP contribution is 1.77. The molecule has 0 aromatic rings. The van der Waals surface area contributed by atoms with Gasteiger partial charge in [-0.25, -0.2) is 0 Å². The average Bonchev–Trinajstić information content (AvgIpc) is 1.92. The highest BCUT2D eigenvalue weighted by atomic mass is 14.7. The highest BCUT2D eigenvalue weighted by Gasteiger charge is 1.67. The van der Waals surface area contributed by atoms with Crippen LogP contribution in [-0.2, 0) is 0 Å². The van der Waals surface area contributed by atoms with Gasteiger partial charge in [-0.2, -0.15) is 0 Å². The van der Waals surface area contributed by atoms with Crippen molar-refractivity contribution in [1.29, 1.82) is 0 Å². The van der Waals surface area contributed by atoms with Crippen molar-refractivity contribution in [1.82, 2.24) is 0 Å². The van der Waals surface area contributed by atoms with Gasteiger partial charge in [-0.15, -0.1) is 0 Å². The number of aliphatic imine (C=N–C) groups is 1. The standard InChI is InChI=1S/C7H11N.C2H6/c1-4-5-6-8-7(2)3;1-2/h4-6H,1H2,2-3H3;1-2H3/b6-5-;. The highest BCUT2D eigenvalue weighted by molar-refractivity contribution is 5.79. The second-order valence-corrected chi connectivity index (χ2v) is 1.65. The molecule has 0 saturated carbocycles. The van der Waals surface area contributed by atoms with Gasteiger partial charge >= 0.3 is 0 Å². The smallest absolute Gasteiger partial charge is 0.0266 e. The van der Waals surface area contributed by atoms with E-state index in [1.807, 2.05) is 27.7 Å². The molecule has 0 heterocycles. The van der Waals surface area contributed by atoms with E-state index in [4.69, 9.17) is 0 Å². The van der Waals surface area contributed by atoms with Gasteiger partial charge in [0.2, 0.25) is 0 Å². The summed E-state index contributed by atoms with van der Waals surface area (Å²) >= 11 is 0. The molecule has 0 amide bonds. The number of hydrogen-bond acceptors (Lipinski definition) is 1. The van der Waals surface area contributed by atoms with Crippen molar-refractivity contribution in [3.8, 4) is 0 Å². The molecule has 0 aliphatic carbocycles. The quantitative estimate of drug-likeness (QED) is 0.411. The van der Waals surface area contributed by atoms with Crippen molar-refractivity contribution in [2.75, 3.05) is 0 Å². The van der Waals surface area contributed by atoms with E-state index in [0.717, 1.165) is 5.71 Å². The number of nitrogens with zero attached hydrogens (tertiary/aromatic N) is 1. The van der Waals surface area contributed by atoms with Gasteiger partial charge in [0.1, 0.15) is 0 Å². The number of rotatable bonds is 2. The van der Waals surface area contributed by atoms with Crippen LogP contribution < -0.4 is 0 Å². The summed E-state index contributed by atoms with van der Waals surface area (Å²) in [5.74, 6) is 0. The Hall–Kier alpha value is -0.850. The molecular formula is C9H17N. The molecule has 0 N–H and O–H groups in total. The fourth-order valence-electron chi connectivity index (χ4n) is 0.253. The fraction of sp³-hybridized carbons (Fsp3) is 0.444. The Morgan fingerprint density at radius 3 is 2.10 bits per heavy atom. The molecule has 10 heavy (non-hydrogen) atoms. The first-order chi connectivity index (χ1) is 4.77. The van der Waals surface area contributed by atoms with Crippen molar-refractivity contribution >= 4 is 5.71 Å². The Balaban J connectivity index is 0. The van der Waals surface area contributed by atoms with Crippen LogP contribution in [0.25, 0.3) is 0 Å². The van der Waals surface area contributed by atoms with Crippen LogP contribution in [0.2, 0.25) is 0 Å². The maximum absolute atomic E-state index is 3.98. The number of allylic oxidation sites excluding steroid dienone is 2. The van der Waals surface area contributed by atoms with E-state index in [1.165, 1.54) is 0 Å². The van der Waals surface area contributed by atoms with E-state index in [1.54, 1.807) is 18.4 Å². The Morgan fingerprint density at radius 2 is 1.80 bits per heavy atom. The van der Waals surface area contributed by atoms with E-state index in [2.05, 4.69) is 11.6 Å². The second kappa shape index (κ2) is 11.0. The summed E-state index contributed by atoms with van der Waals surface area (Å²) in [5.41, 5.74) is 1.06. The van der Waals surface area contributed by atoms with Crippen LogP contribution >= 0.6 is 0 Å². The van der Waals surface area contributed by atoms with Crippen LogP contribution in [0.4, 0.5) is 0 Å². The summed E-state index contributed by atoms with van der Waals surface area (Å²) in [5, 5.41) is 0. The van der Waals surface area contributed by atoms with Crippen LogP contribution in [0, 0.1) is 0 Å². The lowest BCUT2D eigenvalue weighted by atomic mass is 10.5. The first kappa shape index (κ1) is 11.9. The van der Waals surface area contributed by atoms with Gasteiger partial charge < -0.3 is 0 Å². The molecule has 0 aliphatic rings. The zero-order valence-electron chi connectivity index (χ0n) is 7.39. The summed E-state index contributed by atoms with van der Waals surface area (Å²) in [7, 11) is 0. The van der Waals surface area contributed by atoms with Gasteiger partial charge in [0.05, 0.1) is 0 Å². The lowest BCUT2D eigenvalue weighted by molar-refractivity contribution is 1.50. The summed E-state index contributed by atoms with van der Waals surface area (Å²) in [6.07, 6.45) is 5.22.